The highest BCUT2D eigenvalue weighted by Gasteiger charge is 2.19. The van der Waals surface area contributed by atoms with Gasteiger partial charge in [-0.15, -0.1) is 0 Å². The first-order chi connectivity index (χ1) is 11.0. The van der Waals surface area contributed by atoms with Crippen LogP contribution < -0.4 is 5.32 Å². The summed E-state index contributed by atoms with van der Waals surface area (Å²) in [6.45, 7) is 2.00. The van der Waals surface area contributed by atoms with E-state index in [1.54, 1.807) is 6.08 Å². The van der Waals surface area contributed by atoms with Gasteiger partial charge in [0.15, 0.2) is 6.61 Å². The van der Waals surface area contributed by atoms with Gasteiger partial charge in [-0.25, -0.2) is 4.79 Å². The minimum Gasteiger partial charge on any atom is -0.452 e. The van der Waals surface area contributed by atoms with E-state index in [1.165, 1.54) is 6.08 Å². The molecule has 0 saturated heterocycles. The molecule has 1 aliphatic rings. The predicted molar refractivity (Wildman–Crippen MR) is 93.7 cm³/mol. The quantitative estimate of drug-likeness (QED) is 0.626. The van der Waals surface area contributed by atoms with Crippen molar-refractivity contribution >= 4 is 33.9 Å². The molecule has 1 saturated carbocycles. The lowest BCUT2D eigenvalue weighted by molar-refractivity contribution is -0.144. The Bertz CT molecular complexity index is 577. The number of rotatable bonds is 5. The number of esters is 1. The van der Waals surface area contributed by atoms with Crippen LogP contribution in [-0.2, 0) is 14.3 Å². The second-order valence-electron chi connectivity index (χ2n) is 5.99. The molecule has 124 valence electrons. The van der Waals surface area contributed by atoms with Crippen LogP contribution in [0, 0.1) is 5.92 Å². The lowest BCUT2D eigenvalue weighted by Crippen LogP contribution is -2.39. The summed E-state index contributed by atoms with van der Waals surface area (Å²) >= 11 is 3.40. The fourth-order valence-corrected chi connectivity index (χ4v) is 3.04. The van der Waals surface area contributed by atoms with Crippen LogP contribution in [0.1, 0.15) is 38.2 Å². The Morgan fingerprint density at radius 3 is 2.65 bits per heavy atom. The highest BCUT2D eigenvalue weighted by Crippen LogP contribution is 2.23. The molecular formula is C18H22BrNO3. The van der Waals surface area contributed by atoms with E-state index in [0.29, 0.717) is 0 Å². The molecule has 1 aliphatic carbocycles. The maximum absolute atomic E-state index is 11.8. The number of benzene rings is 1. The lowest BCUT2D eigenvalue weighted by atomic mass is 9.87. The van der Waals surface area contributed by atoms with Crippen LogP contribution in [0.25, 0.3) is 6.08 Å². The summed E-state index contributed by atoms with van der Waals surface area (Å²) in [5, 5.41) is 2.93. The zero-order valence-electron chi connectivity index (χ0n) is 13.3. The van der Waals surface area contributed by atoms with Gasteiger partial charge in [0.05, 0.1) is 0 Å². The average molecular weight is 380 g/mol. The van der Waals surface area contributed by atoms with Crippen LogP contribution >= 0.6 is 15.9 Å². The molecular weight excluding hydrogens is 358 g/mol. The van der Waals surface area contributed by atoms with Crippen molar-refractivity contribution in [1.29, 1.82) is 0 Å². The van der Waals surface area contributed by atoms with E-state index in [0.717, 1.165) is 41.6 Å². The van der Waals surface area contributed by atoms with Gasteiger partial charge >= 0.3 is 5.97 Å². The van der Waals surface area contributed by atoms with E-state index in [4.69, 9.17) is 4.74 Å². The number of carbonyl (C=O) groups is 2. The van der Waals surface area contributed by atoms with Crippen LogP contribution in [0.2, 0.25) is 0 Å². The normalized spacial score (nSPS) is 21.1. The second-order valence-corrected chi connectivity index (χ2v) is 6.84. The highest BCUT2D eigenvalue weighted by molar-refractivity contribution is 9.10. The Kier molecular flexibility index (Phi) is 6.84. The van der Waals surface area contributed by atoms with Gasteiger partial charge in [-0.1, -0.05) is 41.1 Å². The van der Waals surface area contributed by atoms with Crippen molar-refractivity contribution in [1.82, 2.24) is 5.32 Å². The molecule has 0 aliphatic heterocycles. The van der Waals surface area contributed by atoms with Crippen molar-refractivity contribution in [3.05, 3.63) is 40.4 Å². The summed E-state index contributed by atoms with van der Waals surface area (Å²) in [7, 11) is 0. The van der Waals surface area contributed by atoms with E-state index in [1.807, 2.05) is 24.3 Å². The Morgan fingerprint density at radius 1 is 1.26 bits per heavy atom. The fraction of sp³-hybridized carbons (Fsp3) is 0.444. The SMILES string of the molecule is CC1CCC(NC(=O)COC(=O)/C=C/c2ccccc2Br)CC1. The van der Waals surface area contributed by atoms with Crippen LogP contribution in [-0.4, -0.2) is 24.5 Å². The topological polar surface area (TPSA) is 55.4 Å². The van der Waals surface area contributed by atoms with Crippen molar-refractivity contribution in [2.45, 2.75) is 38.6 Å². The van der Waals surface area contributed by atoms with Crippen molar-refractivity contribution in [2.75, 3.05) is 6.61 Å². The Hall–Kier alpha value is -1.62. The van der Waals surface area contributed by atoms with Crippen molar-refractivity contribution in [3.8, 4) is 0 Å². The number of nitrogens with one attached hydrogen (secondary N) is 1. The van der Waals surface area contributed by atoms with Gasteiger partial charge in [-0.3, -0.25) is 4.79 Å². The summed E-state index contributed by atoms with van der Waals surface area (Å²) < 4.78 is 5.87. The first-order valence-corrected chi connectivity index (χ1v) is 8.72. The summed E-state index contributed by atoms with van der Waals surface area (Å²) in [5.74, 6) is -0.0104. The minimum absolute atomic E-state index is 0.216. The van der Waals surface area contributed by atoms with E-state index in [-0.39, 0.29) is 18.6 Å². The third kappa shape index (κ3) is 6.18. The summed E-state index contributed by atoms with van der Waals surface area (Å²) in [6, 6.07) is 7.77. The first kappa shape index (κ1) is 17.7. The molecule has 0 spiro atoms. The molecule has 0 heterocycles. The maximum atomic E-state index is 11.8. The van der Waals surface area contributed by atoms with E-state index >= 15 is 0 Å². The average Bonchev–Trinajstić information content (AvgIpc) is 2.54. The Balaban J connectivity index is 1.71. The molecule has 5 heteroatoms. The number of halogens is 1. The van der Waals surface area contributed by atoms with Gasteiger partial charge in [-0.2, -0.15) is 0 Å². The Morgan fingerprint density at radius 2 is 1.96 bits per heavy atom. The largest absolute Gasteiger partial charge is 0.452 e. The number of hydrogen-bond donors (Lipinski definition) is 1. The van der Waals surface area contributed by atoms with Crippen molar-refractivity contribution in [2.24, 2.45) is 5.92 Å². The minimum atomic E-state index is -0.520. The first-order valence-electron chi connectivity index (χ1n) is 7.93. The van der Waals surface area contributed by atoms with E-state index in [2.05, 4.69) is 28.2 Å². The third-order valence-electron chi connectivity index (χ3n) is 4.03. The molecule has 1 aromatic carbocycles. The molecule has 0 unspecified atom stereocenters. The van der Waals surface area contributed by atoms with Crippen molar-refractivity contribution in [3.63, 3.8) is 0 Å². The van der Waals surface area contributed by atoms with Gasteiger partial charge in [0.2, 0.25) is 0 Å². The van der Waals surface area contributed by atoms with Crippen LogP contribution in [0.15, 0.2) is 34.8 Å². The summed E-state index contributed by atoms with van der Waals surface area (Å²) in [6.07, 6.45) is 7.27. The molecule has 1 amide bonds. The monoisotopic (exact) mass is 379 g/mol. The molecule has 1 aromatic rings. The molecule has 0 atom stereocenters. The zero-order chi connectivity index (χ0) is 16.7. The number of ether oxygens (including phenoxy) is 1. The predicted octanol–water partition coefficient (Wildman–Crippen LogP) is 3.70. The standard InChI is InChI=1S/C18H22BrNO3/c1-13-6-9-15(10-7-13)20-17(21)12-23-18(22)11-8-14-4-2-3-5-16(14)19/h2-5,8,11,13,15H,6-7,9-10,12H2,1H3,(H,20,21)/b11-8+. The molecule has 4 nitrogen and oxygen atoms in total. The third-order valence-corrected chi connectivity index (χ3v) is 4.75. The number of hydrogen-bond acceptors (Lipinski definition) is 3. The molecule has 1 N–H and O–H groups in total. The highest BCUT2D eigenvalue weighted by atomic mass is 79.9. The van der Waals surface area contributed by atoms with E-state index in [9.17, 15) is 9.59 Å². The molecule has 2 rings (SSSR count). The second kappa shape index (κ2) is 8.87. The smallest absolute Gasteiger partial charge is 0.331 e. The summed E-state index contributed by atoms with van der Waals surface area (Å²) in [4.78, 5) is 23.5. The zero-order valence-corrected chi connectivity index (χ0v) is 14.8. The lowest BCUT2D eigenvalue weighted by Gasteiger charge is -2.26. The summed E-state index contributed by atoms with van der Waals surface area (Å²) in [5.41, 5.74) is 0.880. The molecule has 23 heavy (non-hydrogen) atoms. The van der Waals surface area contributed by atoms with Crippen LogP contribution in [0.3, 0.4) is 0 Å². The van der Waals surface area contributed by atoms with Crippen LogP contribution in [0.4, 0.5) is 0 Å². The van der Waals surface area contributed by atoms with Gasteiger partial charge in [0, 0.05) is 16.6 Å². The number of amides is 1. The number of carbonyl (C=O) groups excluding carboxylic acids is 2. The van der Waals surface area contributed by atoms with Gasteiger partial charge in [0.25, 0.3) is 5.91 Å². The molecule has 0 aromatic heterocycles. The van der Waals surface area contributed by atoms with Crippen molar-refractivity contribution < 1.29 is 14.3 Å². The molecule has 1 fully saturated rings. The van der Waals surface area contributed by atoms with E-state index < -0.39 is 5.97 Å². The molecule has 0 bridgehead atoms. The van der Waals surface area contributed by atoms with Gasteiger partial charge in [-0.05, 0) is 49.3 Å². The fourth-order valence-electron chi connectivity index (χ4n) is 2.63. The van der Waals surface area contributed by atoms with Gasteiger partial charge in [0.1, 0.15) is 0 Å². The Labute approximate surface area is 145 Å². The van der Waals surface area contributed by atoms with Crippen LogP contribution in [0.5, 0.6) is 0 Å². The van der Waals surface area contributed by atoms with Gasteiger partial charge < -0.3 is 10.1 Å². The molecule has 0 radical (unpaired) electrons. The maximum Gasteiger partial charge on any atom is 0.331 e.